The van der Waals surface area contributed by atoms with Crippen molar-refractivity contribution in [2.45, 2.75) is 26.8 Å². The third-order valence-corrected chi connectivity index (χ3v) is 2.72. The molecule has 1 heterocycles. The summed E-state index contributed by atoms with van der Waals surface area (Å²) in [6.45, 7) is 5.62. The molecule has 17 heavy (non-hydrogen) atoms. The Bertz CT molecular complexity index is 544. The van der Waals surface area contributed by atoms with Crippen molar-refractivity contribution in [3.05, 3.63) is 47.0 Å². The van der Waals surface area contributed by atoms with Gasteiger partial charge in [0.15, 0.2) is 0 Å². The summed E-state index contributed by atoms with van der Waals surface area (Å²) in [7, 11) is 0. The number of hydrogen-bond donors (Lipinski definition) is 1. The first-order valence-corrected chi connectivity index (χ1v) is 5.58. The zero-order valence-corrected chi connectivity index (χ0v) is 10.2. The summed E-state index contributed by atoms with van der Waals surface area (Å²) >= 11 is 0. The molecule has 0 amide bonds. The standard InChI is InChI=1S/C13H16FN3/c1-8-7-9(2)17(16-8)12-6-4-5-11(14)13(12)10(3)15/h4-7,10H,15H2,1-3H3. The van der Waals surface area contributed by atoms with Gasteiger partial charge in [0, 0.05) is 17.3 Å². The lowest BCUT2D eigenvalue weighted by atomic mass is 10.1. The van der Waals surface area contributed by atoms with Crippen LogP contribution in [0.5, 0.6) is 0 Å². The van der Waals surface area contributed by atoms with E-state index in [4.69, 9.17) is 5.73 Å². The van der Waals surface area contributed by atoms with Crippen LogP contribution in [0.15, 0.2) is 24.3 Å². The summed E-state index contributed by atoms with van der Waals surface area (Å²) in [5.74, 6) is -0.287. The van der Waals surface area contributed by atoms with Crippen molar-refractivity contribution in [1.82, 2.24) is 9.78 Å². The monoisotopic (exact) mass is 233 g/mol. The van der Waals surface area contributed by atoms with Crippen molar-refractivity contribution in [2.75, 3.05) is 0 Å². The maximum Gasteiger partial charge on any atom is 0.130 e. The predicted octanol–water partition coefficient (Wildman–Crippen LogP) is 2.65. The lowest BCUT2D eigenvalue weighted by molar-refractivity contribution is 0.588. The van der Waals surface area contributed by atoms with Crippen LogP contribution in [-0.2, 0) is 0 Å². The first-order valence-electron chi connectivity index (χ1n) is 5.58. The second-order valence-corrected chi connectivity index (χ2v) is 4.30. The van der Waals surface area contributed by atoms with Gasteiger partial charge in [0.1, 0.15) is 5.82 Å². The van der Waals surface area contributed by atoms with Gasteiger partial charge in [0.25, 0.3) is 0 Å². The predicted molar refractivity (Wildman–Crippen MR) is 65.6 cm³/mol. The van der Waals surface area contributed by atoms with Crippen LogP contribution in [0.25, 0.3) is 5.69 Å². The molecule has 1 unspecified atom stereocenters. The Kier molecular flexibility index (Phi) is 2.98. The van der Waals surface area contributed by atoms with E-state index < -0.39 is 0 Å². The number of nitrogens with two attached hydrogens (primary N) is 1. The fraction of sp³-hybridized carbons (Fsp3) is 0.308. The molecule has 0 spiro atoms. The molecule has 2 aromatic rings. The van der Waals surface area contributed by atoms with E-state index in [0.717, 1.165) is 11.4 Å². The largest absolute Gasteiger partial charge is 0.324 e. The van der Waals surface area contributed by atoms with Gasteiger partial charge in [-0.2, -0.15) is 5.10 Å². The molecule has 0 saturated heterocycles. The van der Waals surface area contributed by atoms with Gasteiger partial charge in [0.05, 0.1) is 11.4 Å². The highest BCUT2D eigenvalue weighted by atomic mass is 19.1. The van der Waals surface area contributed by atoms with Crippen molar-refractivity contribution < 1.29 is 4.39 Å². The van der Waals surface area contributed by atoms with Gasteiger partial charge in [-0.1, -0.05) is 6.07 Å². The van der Waals surface area contributed by atoms with Crippen LogP contribution in [0.2, 0.25) is 0 Å². The Morgan fingerprint density at radius 2 is 2.06 bits per heavy atom. The average molecular weight is 233 g/mol. The van der Waals surface area contributed by atoms with E-state index >= 15 is 0 Å². The Morgan fingerprint density at radius 3 is 2.59 bits per heavy atom. The van der Waals surface area contributed by atoms with Crippen molar-refractivity contribution in [1.29, 1.82) is 0 Å². The minimum atomic E-state index is -0.366. The van der Waals surface area contributed by atoms with Gasteiger partial charge in [-0.05, 0) is 39.0 Å². The summed E-state index contributed by atoms with van der Waals surface area (Å²) in [4.78, 5) is 0. The van der Waals surface area contributed by atoms with Crippen LogP contribution >= 0.6 is 0 Å². The molecule has 1 aromatic carbocycles. The molecular formula is C13H16FN3. The number of aromatic nitrogens is 2. The molecule has 0 radical (unpaired) electrons. The first kappa shape index (κ1) is 11.8. The highest BCUT2D eigenvalue weighted by Crippen LogP contribution is 2.24. The zero-order chi connectivity index (χ0) is 12.6. The molecule has 90 valence electrons. The Hall–Kier alpha value is -1.68. The number of aryl methyl sites for hydroxylation is 2. The molecular weight excluding hydrogens is 217 g/mol. The van der Waals surface area contributed by atoms with E-state index in [1.807, 2.05) is 26.0 Å². The van der Waals surface area contributed by atoms with E-state index in [-0.39, 0.29) is 11.9 Å². The molecule has 1 atom stereocenters. The number of hydrogen-bond acceptors (Lipinski definition) is 2. The van der Waals surface area contributed by atoms with Crippen LogP contribution in [0.4, 0.5) is 4.39 Å². The molecule has 0 aliphatic heterocycles. The van der Waals surface area contributed by atoms with Gasteiger partial charge in [-0.3, -0.25) is 0 Å². The molecule has 0 fully saturated rings. The normalized spacial score (nSPS) is 12.8. The van der Waals surface area contributed by atoms with E-state index in [2.05, 4.69) is 5.10 Å². The average Bonchev–Trinajstić information content (AvgIpc) is 2.56. The lowest BCUT2D eigenvalue weighted by Gasteiger charge is -2.14. The second kappa shape index (κ2) is 4.30. The van der Waals surface area contributed by atoms with Gasteiger partial charge >= 0.3 is 0 Å². The summed E-state index contributed by atoms with van der Waals surface area (Å²) in [6.07, 6.45) is 0. The highest BCUT2D eigenvalue weighted by molar-refractivity contribution is 5.44. The van der Waals surface area contributed by atoms with E-state index in [1.54, 1.807) is 17.7 Å². The first-order chi connectivity index (χ1) is 8.00. The fourth-order valence-electron chi connectivity index (χ4n) is 2.03. The van der Waals surface area contributed by atoms with Crippen molar-refractivity contribution in [3.8, 4) is 5.69 Å². The minimum absolute atomic E-state index is 0.287. The molecule has 0 bridgehead atoms. The molecule has 4 heteroatoms. The van der Waals surface area contributed by atoms with Gasteiger partial charge in [-0.15, -0.1) is 0 Å². The SMILES string of the molecule is Cc1cc(C)n(-c2cccc(F)c2C(C)N)n1. The van der Waals surface area contributed by atoms with Crippen molar-refractivity contribution in [3.63, 3.8) is 0 Å². The molecule has 0 saturated carbocycles. The zero-order valence-electron chi connectivity index (χ0n) is 10.2. The Morgan fingerprint density at radius 1 is 1.35 bits per heavy atom. The summed E-state index contributed by atoms with van der Waals surface area (Å²) in [5.41, 5.74) is 8.91. The number of benzene rings is 1. The van der Waals surface area contributed by atoms with Crippen molar-refractivity contribution in [2.24, 2.45) is 5.73 Å². The fourth-order valence-corrected chi connectivity index (χ4v) is 2.03. The maximum absolute atomic E-state index is 13.8. The second-order valence-electron chi connectivity index (χ2n) is 4.30. The van der Waals surface area contributed by atoms with E-state index in [9.17, 15) is 4.39 Å². The van der Waals surface area contributed by atoms with Gasteiger partial charge < -0.3 is 5.73 Å². The van der Waals surface area contributed by atoms with E-state index in [0.29, 0.717) is 11.3 Å². The summed E-state index contributed by atoms with van der Waals surface area (Å²) in [5, 5.41) is 4.36. The summed E-state index contributed by atoms with van der Waals surface area (Å²) < 4.78 is 15.5. The number of halogens is 1. The molecule has 0 aliphatic carbocycles. The van der Waals surface area contributed by atoms with Crippen LogP contribution in [0, 0.1) is 19.7 Å². The molecule has 2 N–H and O–H groups in total. The summed E-state index contributed by atoms with van der Waals surface area (Å²) in [6, 6.07) is 6.52. The molecule has 3 nitrogen and oxygen atoms in total. The van der Waals surface area contributed by atoms with Crippen LogP contribution in [-0.4, -0.2) is 9.78 Å². The van der Waals surface area contributed by atoms with Crippen molar-refractivity contribution >= 4 is 0 Å². The third kappa shape index (κ3) is 2.08. The third-order valence-electron chi connectivity index (χ3n) is 2.72. The molecule has 2 rings (SSSR count). The topological polar surface area (TPSA) is 43.8 Å². The van der Waals surface area contributed by atoms with E-state index in [1.165, 1.54) is 6.07 Å². The maximum atomic E-state index is 13.8. The minimum Gasteiger partial charge on any atom is -0.324 e. The number of rotatable bonds is 2. The quantitative estimate of drug-likeness (QED) is 0.866. The van der Waals surface area contributed by atoms with Crippen LogP contribution in [0.1, 0.15) is 29.9 Å². The van der Waals surface area contributed by atoms with Gasteiger partial charge in [-0.25, -0.2) is 9.07 Å². The highest BCUT2D eigenvalue weighted by Gasteiger charge is 2.15. The molecule has 1 aromatic heterocycles. The van der Waals surface area contributed by atoms with Crippen LogP contribution < -0.4 is 5.73 Å². The molecule has 0 aliphatic rings. The van der Waals surface area contributed by atoms with Gasteiger partial charge in [0.2, 0.25) is 0 Å². The lowest BCUT2D eigenvalue weighted by Crippen LogP contribution is -2.13. The smallest absolute Gasteiger partial charge is 0.130 e. The Balaban J connectivity index is 2.67. The number of nitrogens with zero attached hydrogens (tertiary/aromatic N) is 2. The Labute approximate surface area is 100 Å². The van der Waals surface area contributed by atoms with Crippen LogP contribution in [0.3, 0.4) is 0 Å².